The van der Waals surface area contributed by atoms with Crippen molar-refractivity contribution in [2.24, 2.45) is 5.92 Å². The Kier molecular flexibility index (Phi) is 2.64. The maximum absolute atomic E-state index is 11.7. The molecule has 0 aromatic heterocycles. The SMILES string of the molecule is CC1CN(c2ccccc2C=O)N(C)C1=O. The smallest absolute Gasteiger partial charge is 0.245 e. The number of hydrogen-bond donors (Lipinski definition) is 0. The molecule has 16 heavy (non-hydrogen) atoms. The van der Waals surface area contributed by atoms with Crippen molar-refractivity contribution in [1.29, 1.82) is 0 Å². The Hall–Kier alpha value is -1.84. The molecule has 1 aliphatic rings. The zero-order chi connectivity index (χ0) is 11.7. The molecule has 1 unspecified atom stereocenters. The molecule has 1 saturated heterocycles. The molecule has 1 aliphatic heterocycles. The van der Waals surface area contributed by atoms with Crippen molar-refractivity contribution in [3.8, 4) is 0 Å². The zero-order valence-electron chi connectivity index (χ0n) is 9.38. The molecule has 1 aromatic rings. The predicted molar refractivity (Wildman–Crippen MR) is 61.1 cm³/mol. The van der Waals surface area contributed by atoms with Crippen LogP contribution in [0.3, 0.4) is 0 Å². The molecule has 1 heterocycles. The first-order chi connectivity index (χ1) is 7.65. The summed E-state index contributed by atoms with van der Waals surface area (Å²) in [4.78, 5) is 22.6. The molecule has 0 N–H and O–H groups in total. The molecule has 4 heteroatoms. The topological polar surface area (TPSA) is 40.6 Å². The first kappa shape index (κ1) is 10.7. The molecule has 2 rings (SSSR count). The Morgan fingerprint density at radius 2 is 2.06 bits per heavy atom. The molecule has 0 spiro atoms. The molecular formula is C12H14N2O2. The van der Waals surface area contributed by atoms with Crippen molar-refractivity contribution in [2.45, 2.75) is 6.92 Å². The molecule has 1 fully saturated rings. The predicted octanol–water partition coefficient (Wildman–Crippen LogP) is 1.33. The minimum atomic E-state index is -0.0234. The number of nitrogens with zero attached hydrogens (tertiary/aromatic N) is 2. The summed E-state index contributed by atoms with van der Waals surface area (Å²) in [6, 6.07) is 7.29. The van der Waals surface area contributed by atoms with E-state index < -0.39 is 0 Å². The summed E-state index contributed by atoms with van der Waals surface area (Å²) in [6.07, 6.45) is 0.816. The van der Waals surface area contributed by atoms with E-state index in [4.69, 9.17) is 0 Å². The molecule has 0 radical (unpaired) electrons. The maximum atomic E-state index is 11.7. The normalized spacial score (nSPS) is 20.4. The van der Waals surface area contributed by atoms with Crippen LogP contribution < -0.4 is 5.01 Å². The van der Waals surface area contributed by atoms with Gasteiger partial charge in [0.2, 0.25) is 5.91 Å². The molecule has 0 saturated carbocycles. The van der Waals surface area contributed by atoms with Gasteiger partial charge in [-0.1, -0.05) is 19.1 Å². The quantitative estimate of drug-likeness (QED) is 0.703. The maximum Gasteiger partial charge on any atom is 0.245 e. The number of hydrazine groups is 1. The summed E-state index contributed by atoms with van der Waals surface area (Å²) in [7, 11) is 1.73. The van der Waals surface area contributed by atoms with E-state index in [-0.39, 0.29) is 11.8 Å². The third-order valence-corrected chi connectivity index (χ3v) is 2.89. The minimum Gasteiger partial charge on any atom is -0.298 e. The van der Waals surface area contributed by atoms with E-state index in [0.29, 0.717) is 12.1 Å². The van der Waals surface area contributed by atoms with Crippen LogP contribution >= 0.6 is 0 Å². The summed E-state index contributed by atoms with van der Waals surface area (Å²) in [5.41, 5.74) is 1.40. The first-order valence-corrected chi connectivity index (χ1v) is 5.24. The number of carbonyl (C=O) groups excluding carboxylic acids is 2. The van der Waals surface area contributed by atoms with Gasteiger partial charge >= 0.3 is 0 Å². The van der Waals surface area contributed by atoms with Gasteiger partial charge in [-0.2, -0.15) is 0 Å². The van der Waals surface area contributed by atoms with Gasteiger partial charge in [0, 0.05) is 12.6 Å². The average Bonchev–Trinajstić information content (AvgIpc) is 2.57. The largest absolute Gasteiger partial charge is 0.298 e. The van der Waals surface area contributed by atoms with Gasteiger partial charge in [0.25, 0.3) is 0 Å². The third kappa shape index (κ3) is 1.56. The molecule has 1 atom stereocenters. The van der Waals surface area contributed by atoms with Crippen LogP contribution in [0.5, 0.6) is 0 Å². The van der Waals surface area contributed by atoms with Crippen LogP contribution in [-0.4, -0.2) is 30.8 Å². The van der Waals surface area contributed by atoms with Crippen molar-refractivity contribution in [1.82, 2.24) is 5.01 Å². The van der Waals surface area contributed by atoms with Crippen molar-refractivity contribution in [3.63, 3.8) is 0 Å². The van der Waals surface area contributed by atoms with Crippen LogP contribution in [0, 0.1) is 5.92 Å². The average molecular weight is 218 g/mol. The highest BCUT2D eigenvalue weighted by atomic mass is 16.2. The fourth-order valence-corrected chi connectivity index (χ4v) is 1.98. The molecule has 0 aliphatic carbocycles. The van der Waals surface area contributed by atoms with Gasteiger partial charge in [0.05, 0.1) is 18.2 Å². The summed E-state index contributed by atoms with van der Waals surface area (Å²) in [6.45, 7) is 2.52. The molecule has 1 aromatic carbocycles. The molecule has 4 nitrogen and oxygen atoms in total. The van der Waals surface area contributed by atoms with Crippen LogP contribution in [0.2, 0.25) is 0 Å². The second-order valence-electron chi connectivity index (χ2n) is 4.02. The fourth-order valence-electron chi connectivity index (χ4n) is 1.98. The molecule has 0 bridgehead atoms. The summed E-state index contributed by atoms with van der Waals surface area (Å²) < 4.78 is 0. The lowest BCUT2D eigenvalue weighted by atomic mass is 10.1. The highest BCUT2D eigenvalue weighted by Crippen LogP contribution is 2.26. The number of hydrogen-bond acceptors (Lipinski definition) is 3. The number of benzene rings is 1. The third-order valence-electron chi connectivity index (χ3n) is 2.89. The molecular weight excluding hydrogens is 204 g/mol. The minimum absolute atomic E-state index is 0.0234. The van der Waals surface area contributed by atoms with Gasteiger partial charge in [-0.15, -0.1) is 0 Å². The lowest BCUT2D eigenvalue weighted by Crippen LogP contribution is -2.36. The Balaban J connectivity index is 2.38. The first-order valence-electron chi connectivity index (χ1n) is 5.24. The molecule has 84 valence electrons. The van der Waals surface area contributed by atoms with E-state index in [1.54, 1.807) is 18.1 Å². The van der Waals surface area contributed by atoms with Crippen molar-refractivity contribution >= 4 is 17.9 Å². The Labute approximate surface area is 94.4 Å². The Morgan fingerprint density at radius 1 is 1.38 bits per heavy atom. The van der Waals surface area contributed by atoms with E-state index in [1.165, 1.54) is 0 Å². The lowest BCUT2D eigenvalue weighted by Gasteiger charge is -2.26. The van der Waals surface area contributed by atoms with Crippen molar-refractivity contribution < 1.29 is 9.59 Å². The number of para-hydroxylation sites is 1. The van der Waals surface area contributed by atoms with E-state index >= 15 is 0 Å². The second kappa shape index (κ2) is 3.96. The van der Waals surface area contributed by atoms with E-state index in [0.717, 1.165) is 12.0 Å². The van der Waals surface area contributed by atoms with E-state index in [1.807, 2.05) is 30.1 Å². The van der Waals surface area contributed by atoms with Crippen molar-refractivity contribution in [2.75, 3.05) is 18.6 Å². The standard InChI is InChI=1S/C12H14N2O2/c1-9-7-14(13(2)12(9)16)11-6-4-3-5-10(11)8-15/h3-6,8-9H,7H2,1-2H3. The van der Waals surface area contributed by atoms with Gasteiger partial charge in [-0.05, 0) is 12.1 Å². The Bertz CT molecular complexity index is 431. The van der Waals surface area contributed by atoms with Gasteiger partial charge in [0.1, 0.15) is 0 Å². The fraction of sp³-hybridized carbons (Fsp3) is 0.333. The highest BCUT2D eigenvalue weighted by molar-refractivity contribution is 5.89. The van der Waals surface area contributed by atoms with Crippen LogP contribution in [0.4, 0.5) is 5.69 Å². The second-order valence-corrected chi connectivity index (χ2v) is 4.02. The summed E-state index contributed by atoms with van der Waals surface area (Å²) in [5.74, 6) is 0.0606. The van der Waals surface area contributed by atoms with Gasteiger partial charge in [-0.25, -0.2) is 0 Å². The Morgan fingerprint density at radius 3 is 2.62 bits per heavy atom. The van der Waals surface area contributed by atoms with Crippen LogP contribution in [0.1, 0.15) is 17.3 Å². The summed E-state index contributed by atoms with van der Waals surface area (Å²) in [5, 5.41) is 3.42. The summed E-state index contributed by atoms with van der Waals surface area (Å²) >= 11 is 0. The van der Waals surface area contributed by atoms with Crippen LogP contribution in [-0.2, 0) is 4.79 Å². The van der Waals surface area contributed by atoms with Gasteiger partial charge in [0.15, 0.2) is 6.29 Å². The monoisotopic (exact) mass is 218 g/mol. The van der Waals surface area contributed by atoms with Gasteiger partial charge < -0.3 is 0 Å². The van der Waals surface area contributed by atoms with Crippen molar-refractivity contribution in [3.05, 3.63) is 29.8 Å². The zero-order valence-corrected chi connectivity index (χ0v) is 9.38. The number of anilines is 1. The van der Waals surface area contributed by atoms with Crippen LogP contribution in [0.15, 0.2) is 24.3 Å². The number of carbonyl (C=O) groups is 2. The van der Waals surface area contributed by atoms with Gasteiger partial charge in [-0.3, -0.25) is 19.6 Å². The van der Waals surface area contributed by atoms with E-state index in [9.17, 15) is 9.59 Å². The van der Waals surface area contributed by atoms with Crippen LogP contribution in [0.25, 0.3) is 0 Å². The lowest BCUT2D eigenvalue weighted by molar-refractivity contribution is -0.129. The number of amides is 1. The molecule has 1 amide bonds. The highest BCUT2D eigenvalue weighted by Gasteiger charge is 2.33. The number of rotatable bonds is 2. The van der Waals surface area contributed by atoms with E-state index in [2.05, 4.69) is 0 Å². The number of aldehydes is 1.